The molecule has 2 heterocycles. The molecule has 0 saturated carbocycles. The Morgan fingerprint density at radius 2 is 1.81 bits per heavy atom. The monoisotopic (exact) mass is 284 g/mol. The predicted molar refractivity (Wildman–Crippen MR) is 84.4 cm³/mol. The van der Waals surface area contributed by atoms with Crippen molar-refractivity contribution >= 4 is 0 Å². The highest BCUT2D eigenvalue weighted by Gasteiger charge is 2.40. The summed E-state index contributed by atoms with van der Waals surface area (Å²) in [6, 6.07) is 10.8. The first-order valence-electron chi connectivity index (χ1n) is 7.81. The molecule has 1 aliphatic rings. The molecule has 0 unspecified atom stereocenters. The zero-order valence-corrected chi connectivity index (χ0v) is 13.1. The van der Waals surface area contributed by atoms with Gasteiger partial charge in [0.25, 0.3) is 0 Å². The minimum absolute atomic E-state index is 0.0125. The van der Waals surface area contributed by atoms with Crippen LogP contribution in [0.15, 0.2) is 30.3 Å². The Hall–Kier alpha value is -1.68. The van der Waals surface area contributed by atoms with E-state index in [9.17, 15) is 0 Å². The smallest absolute Gasteiger partial charge is 0.153 e. The third kappa shape index (κ3) is 2.48. The second-order valence-corrected chi connectivity index (χ2v) is 6.27. The first-order chi connectivity index (χ1) is 10.1. The highest BCUT2D eigenvalue weighted by molar-refractivity contribution is 5.34. The number of nitrogens with zero attached hydrogens (tertiary/aromatic N) is 3. The number of hydrogen-bond acceptors (Lipinski definition) is 3. The number of rotatable bonds is 3. The second-order valence-electron chi connectivity index (χ2n) is 6.27. The summed E-state index contributed by atoms with van der Waals surface area (Å²) in [7, 11) is 2.03. The van der Waals surface area contributed by atoms with Gasteiger partial charge in [0.05, 0.1) is 5.41 Å². The summed E-state index contributed by atoms with van der Waals surface area (Å²) in [5.74, 6) is 2.42. The Morgan fingerprint density at radius 3 is 2.38 bits per heavy atom. The third-order valence-corrected chi connectivity index (χ3v) is 4.51. The molecule has 1 aromatic heterocycles. The standard InChI is InChI=1S/C17H24N4/c1-13(2)15-19-16(21(3)20-15)17(9-11-18-12-10-17)14-7-5-4-6-8-14/h4-8,13,18H,9-12H2,1-3H3. The molecule has 1 N–H and O–H groups in total. The largest absolute Gasteiger partial charge is 0.317 e. The van der Waals surface area contributed by atoms with Crippen molar-refractivity contribution in [2.24, 2.45) is 7.05 Å². The van der Waals surface area contributed by atoms with Gasteiger partial charge in [0, 0.05) is 13.0 Å². The normalized spacial score (nSPS) is 18.1. The summed E-state index contributed by atoms with van der Waals surface area (Å²) >= 11 is 0. The van der Waals surface area contributed by atoms with Gasteiger partial charge in [-0.2, -0.15) is 5.10 Å². The minimum Gasteiger partial charge on any atom is -0.317 e. The van der Waals surface area contributed by atoms with Gasteiger partial charge < -0.3 is 5.32 Å². The van der Waals surface area contributed by atoms with E-state index in [1.807, 2.05) is 11.7 Å². The Morgan fingerprint density at radius 1 is 1.14 bits per heavy atom. The quantitative estimate of drug-likeness (QED) is 0.942. The molecular formula is C17H24N4. The molecule has 2 aromatic rings. The zero-order valence-electron chi connectivity index (χ0n) is 13.1. The molecule has 0 spiro atoms. The van der Waals surface area contributed by atoms with Crippen LogP contribution in [0.5, 0.6) is 0 Å². The molecule has 1 aliphatic heterocycles. The lowest BCUT2D eigenvalue weighted by Gasteiger charge is -2.37. The second kappa shape index (κ2) is 5.60. The van der Waals surface area contributed by atoms with Crippen LogP contribution in [-0.4, -0.2) is 27.9 Å². The minimum atomic E-state index is -0.0125. The Bertz CT molecular complexity index is 595. The number of aryl methyl sites for hydroxylation is 1. The van der Waals surface area contributed by atoms with Gasteiger partial charge in [-0.25, -0.2) is 4.98 Å². The fraction of sp³-hybridized carbons (Fsp3) is 0.529. The number of aromatic nitrogens is 3. The maximum atomic E-state index is 4.91. The van der Waals surface area contributed by atoms with E-state index in [2.05, 4.69) is 54.6 Å². The van der Waals surface area contributed by atoms with Crippen LogP contribution in [0.3, 0.4) is 0 Å². The lowest BCUT2D eigenvalue weighted by Crippen LogP contribution is -2.42. The maximum Gasteiger partial charge on any atom is 0.153 e. The molecule has 0 aliphatic carbocycles. The number of benzene rings is 1. The molecule has 4 nitrogen and oxygen atoms in total. The third-order valence-electron chi connectivity index (χ3n) is 4.51. The average Bonchev–Trinajstić information content (AvgIpc) is 2.92. The molecule has 0 atom stereocenters. The summed E-state index contributed by atoms with van der Waals surface area (Å²) in [5.41, 5.74) is 1.35. The molecule has 0 amide bonds. The van der Waals surface area contributed by atoms with Crippen LogP contribution >= 0.6 is 0 Å². The van der Waals surface area contributed by atoms with Gasteiger partial charge in [-0.15, -0.1) is 0 Å². The van der Waals surface area contributed by atoms with E-state index < -0.39 is 0 Å². The van der Waals surface area contributed by atoms with Gasteiger partial charge in [-0.05, 0) is 31.5 Å². The van der Waals surface area contributed by atoms with E-state index in [4.69, 9.17) is 4.98 Å². The SMILES string of the molecule is CC(C)c1nc(C2(c3ccccc3)CCNCC2)n(C)n1. The Labute approximate surface area is 126 Å². The van der Waals surface area contributed by atoms with Crippen molar-refractivity contribution in [2.45, 2.75) is 38.0 Å². The number of piperidine rings is 1. The summed E-state index contributed by atoms with van der Waals surface area (Å²) in [5, 5.41) is 8.11. The van der Waals surface area contributed by atoms with E-state index in [1.54, 1.807) is 0 Å². The summed E-state index contributed by atoms with van der Waals surface area (Å²) in [6.45, 7) is 6.35. The van der Waals surface area contributed by atoms with E-state index in [0.717, 1.165) is 37.6 Å². The van der Waals surface area contributed by atoms with Crippen molar-refractivity contribution < 1.29 is 0 Å². The molecular weight excluding hydrogens is 260 g/mol. The van der Waals surface area contributed by atoms with Crippen LogP contribution in [0.2, 0.25) is 0 Å². The molecule has 0 bridgehead atoms. The first kappa shape index (κ1) is 14.3. The van der Waals surface area contributed by atoms with E-state index in [0.29, 0.717) is 5.92 Å². The molecule has 3 rings (SSSR count). The molecule has 112 valence electrons. The Kier molecular flexibility index (Phi) is 3.81. The lowest BCUT2D eigenvalue weighted by molar-refractivity contribution is 0.335. The first-order valence-corrected chi connectivity index (χ1v) is 7.81. The van der Waals surface area contributed by atoms with E-state index in [1.165, 1.54) is 5.56 Å². The van der Waals surface area contributed by atoms with Crippen LogP contribution in [0.4, 0.5) is 0 Å². The maximum absolute atomic E-state index is 4.91. The van der Waals surface area contributed by atoms with Crippen molar-refractivity contribution in [3.05, 3.63) is 47.5 Å². The van der Waals surface area contributed by atoms with Gasteiger partial charge in [-0.3, -0.25) is 4.68 Å². The molecule has 4 heteroatoms. The topological polar surface area (TPSA) is 42.7 Å². The van der Waals surface area contributed by atoms with Gasteiger partial charge in [0.1, 0.15) is 5.82 Å². The summed E-state index contributed by atoms with van der Waals surface area (Å²) in [6.07, 6.45) is 2.14. The van der Waals surface area contributed by atoms with Crippen LogP contribution in [0.1, 0.15) is 49.8 Å². The van der Waals surface area contributed by atoms with Crippen molar-refractivity contribution in [1.29, 1.82) is 0 Å². The average molecular weight is 284 g/mol. The molecule has 1 fully saturated rings. The van der Waals surface area contributed by atoms with Crippen LogP contribution in [0, 0.1) is 0 Å². The fourth-order valence-corrected chi connectivity index (χ4v) is 3.32. The molecule has 1 aromatic carbocycles. The van der Waals surface area contributed by atoms with Gasteiger partial charge in [0.15, 0.2) is 5.82 Å². The zero-order chi connectivity index (χ0) is 14.9. The highest BCUT2D eigenvalue weighted by Crippen LogP contribution is 2.39. The van der Waals surface area contributed by atoms with Gasteiger partial charge in [-0.1, -0.05) is 44.2 Å². The number of nitrogens with one attached hydrogen (secondary N) is 1. The van der Waals surface area contributed by atoms with Gasteiger partial charge in [0.2, 0.25) is 0 Å². The van der Waals surface area contributed by atoms with Crippen LogP contribution < -0.4 is 5.32 Å². The predicted octanol–water partition coefficient (Wildman–Crippen LogP) is 2.61. The van der Waals surface area contributed by atoms with Gasteiger partial charge >= 0.3 is 0 Å². The number of hydrogen-bond donors (Lipinski definition) is 1. The lowest BCUT2D eigenvalue weighted by atomic mass is 9.72. The Balaban J connectivity index is 2.12. The van der Waals surface area contributed by atoms with Crippen molar-refractivity contribution in [3.63, 3.8) is 0 Å². The van der Waals surface area contributed by atoms with Crippen molar-refractivity contribution in [3.8, 4) is 0 Å². The van der Waals surface area contributed by atoms with Crippen molar-refractivity contribution in [1.82, 2.24) is 20.1 Å². The van der Waals surface area contributed by atoms with Crippen LogP contribution in [-0.2, 0) is 12.5 Å². The van der Waals surface area contributed by atoms with Crippen molar-refractivity contribution in [2.75, 3.05) is 13.1 Å². The molecule has 1 saturated heterocycles. The highest BCUT2D eigenvalue weighted by atomic mass is 15.3. The van der Waals surface area contributed by atoms with E-state index in [-0.39, 0.29) is 5.41 Å². The summed E-state index contributed by atoms with van der Waals surface area (Å²) < 4.78 is 1.99. The molecule has 21 heavy (non-hydrogen) atoms. The summed E-state index contributed by atoms with van der Waals surface area (Å²) in [4.78, 5) is 4.91. The molecule has 0 radical (unpaired) electrons. The van der Waals surface area contributed by atoms with E-state index >= 15 is 0 Å². The van der Waals surface area contributed by atoms with Crippen LogP contribution in [0.25, 0.3) is 0 Å². The fourth-order valence-electron chi connectivity index (χ4n) is 3.32.